The zero-order chi connectivity index (χ0) is 29.0. The summed E-state index contributed by atoms with van der Waals surface area (Å²) in [5.41, 5.74) is -6.34. The van der Waals surface area contributed by atoms with Crippen LogP contribution in [0.1, 0.15) is 54.6 Å². The van der Waals surface area contributed by atoms with Gasteiger partial charge in [-0.25, -0.2) is 19.6 Å². The highest BCUT2D eigenvalue weighted by atomic mass is 19.4. The topological polar surface area (TPSA) is 110 Å². The Kier molecular flexibility index (Phi) is 6.27. The minimum absolute atomic E-state index is 0.190. The molecule has 14 heteroatoms. The summed E-state index contributed by atoms with van der Waals surface area (Å²) in [5, 5.41) is 0. The number of halogens is 6. The molecular weight excluding hydrogens is 546 g/mol. The van der Waals surface area contributed by atoms with Crippen molar-refractivity contribution in [3.63, 3.8) is 0 Å². The van der Waals surface area contributed by atoms with Crippen molar-refractivity contribution in [3.8, 4) is 0 Å². The number of hydrogen-bond donors (Lipinski definition) is 2. The summed E-state index contributed by atoms with van der Waals surface area (Å²) in [6.45, 7) is 0. The van der Waals surface area contributed by atoms with Crippen LogP contribution in [0.2, 0.25) is 0 Å². The van der Waals surface area contributed by atoms with Crippen LogP contribution >= 0.6 is 0 Å². The van der Waals surface area contributed by atoms with Gasteiger partial charge in [0.05, 0.1) is 59.1 Å². The van der Waals surface area contributed by atoms with Crippen LogP contribution in [0.5, 0.6) is 0 Å². The highest BCUT2D eigenvalue weighted by Gasteiger charge is 2.38. The van der Waals surface area contributed by atoms with Crippen molar-refractivity contribution in [1.82, 2.24) is 19.9 Å². The van der Waals surface area contributed by atoms with Crippen molar-refractivity contribution in [1.29, 1.82) is 0 Å². The Morgan fingerprint density at radius 1 is 0.600 bits per heavy atom. The summed E-state index contributed by atoms with van der Waals surface area (Å²) in [5.74, 6) is -2.09. The predicted octanol–water partition coefficient (Wildman–Crippen LogP) is 6.27. The van der Waals surface area contributed by atoms with Gasteiger partial charge in [-0.2, -0.15) is 26.3 Å². The Balaban J connectivity index is 2.07. The molecule has 5 rings (SSSR count). The van der Waals surface area contributed by atoms with E-state index in [-0.39, 0.29) is 33.5 Å². The summed E-state index contributed by atoms with van der Waals surface area (Å²) in [7, 11) is 2.02. The Morgan fingerprint density at radius 2 is 0.925 bits per heavy atom. The lowest BCUT2D eigenvalue weighted by atomic mass is 10.2. The third-order valence-corrected chi connectivity index (χ3v) is 6.10. The first-order valence-electron chi connectivity index (χ1n) is 11.3. The monoisotopic (exact) mass is 562 g/mol. The number of alkyl halides is 6. The molecule has 40 heavy (non-hydrogen) atoms. The maximum Gasteiger partial charge on any atom is 0.420 e. The first-order chi connectivity index (χ1) is 18.8. The standard InChI is InChI=1S/C26H16F6N4O4/c1-39-23(37)19-11-3-7-15(33-11)21(25(27,28)29)17-9-5-13(35-17)20(24(38)40-2)14-6-10-18(36-14)22(26(30,31)32)16-8-4-12(19)34-16/h3-10,33,36H,1-2H3. The van der Waals surface area contributed by atoms with E-state index in [1.165, 1.54) is 0 Å². The van der Waals surface area contributed by atoms with Crippen molar-refractivity contribution in [2.75, 3.05) is 14.2 Å². The lowest BCUT2D eigenvalue weighted by Gasteiger charge is -2.08. The number of nitrogens with one attached hydrogen (secondary N) is 2. The molecule has 206 valence electrons. The molecule has 0 fully saturated rings. The van der Waals surface area contributed by atoms with Crippen LogP contribution in [-0.2, 0) is 21.8 Å². The number of rotatable bonds is 2. The van der Waals surface area contributed by atoms with Gasteiger partial charge in [0.15, 0.2) is 0 Å². The van der Waals surface area contributed by atoms with E-state index in [0.717, 1.165) is 62.8 Å². The zero-order valence-electron chi connectivity index (χ0n) is 20.4. The van der Waals surface area contributed by atoms with Crippen LogP contribution in [0.3, 0.4) is 0 Å². The van der Waals surface area contributed by atoms with Crippen LogP contribution in [0, 0.1) is 0 Å². The van der Waals surface area contributed by atoms with Crippen molar-refractivity contribution in [2.24, 2.45) is 0 Å². The molecule has 0 spiro atoms. The molecule has 3 aromatic heterocycles. The second-order valence-corrected chi connectivity index (χ2v) is 8.48. The van der Waals surface area contributed by atoms with Crippen LogP contribution in [0.25, 0.3) is 46.4 Å². The summed E-state index contributed by atoms with van der Waals surface area (Å²) < 4.78 is 95.3. The van der Waals surface area contributed by atoms with E-state index in [2.05, 4.69) is 19.9 Å². The molecule has 8 bridgehead atoms. The lowest BCUT2D eigenvalue weighted by Crippen LogP contribution is -2.09. The number of fused-ring (bicyclic) bond motifs is 8. The third-order valence-electron chi connectivity index (χ3n) is 6.10. The van der Waals surface area contributed by atoms with Gasteiger partial charge in [0, 0.05) is 0 Å². The van der Waals surface area contributed by atoms with E-state index in [4.69, 9.17) is 9.47 Å². The van der Waals surface area contributed by atoms with E-state index in [9.17, 15) is 35.9 Å². The molecule has 5 heterocycles. The van der Waals surface area contributed by atoms with E-state index in [0.29, 0.717) is 0 Å². The van der Waals surface area contributed by atoms with Gasteiger partial charge in [0.1, 0.15) is 22.3 Å². The number of methoxy groups -OCH3 is 2. The normalized spacial score (nSPS) is 13.0. The largest absolute Gasteiger partial charge is 0.465 e. The number of aromatic amines is 2. The summed E-state index contributed by atoms with van der Waals surface area (Å²) >= 11 is 0. The number of carbonyl (C=O) groups is 2. The fraction of sp³-hybridized carbons (Fsp3) is 0.154. The molecule has 0 atom stereocenters. The van der Waals surface area contributed by atoms with E-state index in [1.54, 1.807) is 0 Å². The Bertz CT molecular complexity index is 1660. The second kappa shape index (κ2) is 9.39. The van der Waals surface area contributed by atoms with Crippen LogP contribution in [0.15, 0.2) is 24.3 Å². The summed E-state index contributed by atoms with van der Waals surface area (Å²) in [4.78, 5) is 38.3. The van der Waals surface area contributed by atoms with Gasteiger partial charge in [-0.1, -0.05) is 0 Å². The summed E-state index contributed by atoms with van der Waals surface area (Å²) in [6.07, 6.45) is -5.67. The molecule has 2 aliphatic heterocycles. The Labute approximate surface area is 220 Å². The first-order valence-corrected chi connectivity index (χ1v) is 11.3. The molecule has 8 nitrogen and oxygen atoms in total. The van der Waals surface area contributed by atoms with Crippen LogP contribution < -0.4 is 0 Å². The van der Waals surface area contributed by atoms with Crippen LogP contribution in [0.4, 0.5) is 26.3 Å². The minimum atomic E-state index is -4.95. The highest BCUT2D eigenvalue weighted by molar-refractivity contribution is 6.03. The van der Waals surface area contributed by atoms with Gasteiger partial charge < -0.3 is 19.4 Å². The van der Waals surface area contributed by atoms with Crippen molar-refractivity contribution in [3.05, 3.63) is 69.3 Å². The number of ether oxygens (including phenoxy) is 2. The van der Waals surface area contributed by atoms with Crippen molar-refractivity contribution < 1.29 is 45.4 Å². The molecule has 0 saturated carbocycles. The molecule has 0 saturated heterocycles. The molecule has 3 aromatic rings. The SMILES string of the molecule is COC(=O)c1c2nc(c(C(F)(F)F)c3ccc([nH]3)c(C(=O)OC)c3nc(c(C(F)(F)F)c4ccc1[nH]4)C=C3)C=C2. The second-order valence-electron chi connectivity index (χ2n) is 8.48. The van der Waals surface area contributed by atoms with Gasteiger partial charge in [-0.05, 0) is 48.6 Å². The van der Waals surface area contributed by atoms with E-state index in [1.807, 2.05) is 0 Å². The van der Waals surface area contributed by atoms with E-state index >= 15 is 0 Å². The fourth-order valence-electron chi connectivity index (χ4n) is 4.44. The molecule has 0 unspecified atom stereocenters. The summed E-state index contributed by atoms with van der Waals surface area (Å²) in [6, 6.07) is 4.35. The quantitative estimate of drug-likeness (QED) is 0.194. The van der Waals surface area contributed by atoms with Gasteiger partial charge in [0.2, 0.25) is 0 Å². The first kappa shape index (κ1) is 26.7. The average Bonchev–Trinajstić information content (AvgIpc) is 3.67. The highest BCUT2D eigenvalue weighted by Crippen LogP contribution is 2.38. The van der Waals surface area contributed by atoms with Crippen LogP contribution in [-0.4, -0.2) is 46.1 Å². The van der Waals surface area contributed by atoms with Gasteiger partial charge in [-0.3, -0.25) is 0 Å². The Hall–Kier alpha value is -4.88. The predicted molar refractivity (Wildman–Crippen MR) is 132 cm³/mol. The molecule has 0 aromatic carbocycles. The number of H-pyrrole nitrogens is 2. The zero-order valence-corrected chi connectivity index (χ0v) is 20.4. The Morgan fingerprint density at radius 3 is 1.25 bits per heavy atom. The molecule has 0 radical (unpaired) electrons. The average molecular weight is 562 g/mol. The molecule has 0 amide bonds. The number of esters is 2. The lowest BCUT2D eigenvalue weighted by molar-refractivity contribution is -0.137. The molecular formula is C26H16F6N4O4. The van der Waals surface area contributed by atoms with E-state index < -0.39 is 57.8 Å². The smallest absolute Gasteiger partial charge is 0.420 e. The maximum atomic E-state index is 14.3. The van der Waals surface area contributed by atoms with Gasteiger partial charge >= 0.3 is 24.3 Å². The number of hydrogen-bond acceptors (Lipinski definition) is 6. The molecule has 2 aliphatic rings. The number of carbonyl (C=O) groups excluding carboxylic acids is 2. The van der Waals surface area contributed by atoms with Crippen molar-refractivity contribution >= 4 is 58.3 Å². The van der Waals surface area contributed by atoms with Gasteiger partial charge in [-0.15, -0.1) is 0 Å². The minimum Gasteiger partial charge on any atom is -0.465 e. The maximum absolute atomic E-state index is 14.3. The number of aromatic nitrogens is 4. The molecule has 0 aliphatic carbocycles. The van der Waals surface area contributed by atoms with Crippen molar-refractivity contribution in [2.45, 2.75) is 12.4 Å². The molecule has 2 N–H and O–H groups in total. The fourth-order valence-corrected chi connectivity index (χ4v) is 4.44. The third kappa shape index (κ3) is 4.50. The van der Waals surface area contributed by atoms with Gasteiger partial charge in [0.25, 0.3) is 0 Å². The number of nitrogens with zero attached hydrogens (tertiary/aromatic N) is 2.